The van der Waals surface area contributed by atoms with Crippen molar-refractivity contribution in [2.45, 2.75) is 25.8 Å². The van der Waals surface area contributed by atoms with Crippen molar-refractivity contribution < 1.29 is 4.74 Å². The number of aromatic nitrogens is 2. The number of hydrogen-bond donors (Lipinski definition) is 0. The minimum atomic E-state index is 0.553. The molecule has 0 aromatic carbocycles. The fourth-order valence-electron chi connectivity index (χ4n) is 1.75. The maximum atomic E-state index is 5.32. The number of halogens is 1. The Morgan fingerprint density at radius 1 is 1.54 bits per heavy atom. The molecular weight excluding hydrogens is 279 g/mol. The smallest absolute Gasteiger partial charge is 0.123 e. The summed E-state index contributed by atoms with van der Waals surface area (Å²) in [7, 11) is 0. The van der Waals surface area contributed by atoms with Crippen molar-refractivity contribution in [3.63, 3.8) is 0 Å². The summed E-state index contributed by atoms with van der Waals surface area (Å²) in [5.74, 6) is 0. The zero-order valence-corrected chi connectivity index (χ0v) is 9.82. The van der Waals surface area contributed by atoms with Crippen LogP contribution < -0.4 is 0 Å². The number of rotatable bonds is 1. The molecule has 1 aromatic heterocycles. The van der Waals surface area contributed by atoms with Gasteiger partial charge in [0.05, 0.1) is 6.04 Å². The minimum Gasteiger partial charge on any atom is -0.381 e. The topological polar surface area (TPSA) is 27.1 Å². The molecule has 4 heteroatoms. The third-order valence-electron chi connectivity index (χ3n) is 2.43. The first-order valence-corrected chi connectivity index (χ1v) is 5.64. The molecule has 1 saturated heterocycles. The minimum absolute atomic E-state index is 0.553. The lowest BCUT2D eigenvalue weighted by Gasteiger charge is -2.23. The highest BCUT2D eigenvalue weighted by molar-refractivity contribution is 14.1. The average Bonchev–Trinajstić information content (AvgIpc) is 2.47. The normalized spacial score (nSPS) is 19.2. The van der Waals surface area contributed by atoms with E-state index in [4.69, 9.17) is 4.74 Å². The van der Waals surface area contributed by atoms with Crippen molar-refractivity contribution in [3.05, 3.63) is 15.5 Å². The third kappa shape index (κ3) is 2.04. The van der Waals surface area contributed by atoms with Crippen LogP contribution in [0.25, 0.3) is 0 Å². The Morgan fingerprint density at radius 3 is 2.77 bits per heavy atom. The van der Waals surface area contributed by atoms with Crippen molar-refractivity contribution in [1.29, 1.82) is 0 Å². The SMILES string of the molecule is Cc1cc(I)nn1C1CCOCC1. The molecule has 0 aliphatic carbocycles. The van der Waals surface area contributed by atoms with Crippen LogP contribution in [0, 0.1) is 10.6 Å². The van der Waals surface area contributed by atoms with E-state index >= 15 is 0 Å². The van der Waals surface area contributed by atoms with Gasteiger partial charge in [0.2, 0.25) is 0 Å². The van der Waals surface area contributed by atoms with Crippen LogP contribution in [0.1, 0.15) is 24.6 Å². The van der Waals surface area contributed by atoms with E-state index in [0.29, 0.717) is 6.04 Å². The Kier molecular flexibility index (Phi) is 2.88. The van der Waals surface area contributed by atoms with E-state index in [0.717, 1.165) is 29.8 Å². The fourth-order valence-corrected chi connectivity index (χ4v) is 2.43. The summed E-state index contributed by atoms with van der Waals surface area (Å²) < 4.78 is 8.55. The molecule has 3 nitrogen and oxygen atoms in total. The fraction of sp³-hybridized carbons (Fsp3) is 0.667. The monoisotopic (exact) mass is 292 g/mol. The molecule has 0 saturated carbocycles. The molecule has 1 fully saturated rings. The molecule has 2 rings (SSSR count). The first-order chi connectivity index (χ1) is 6.27. The summed E-state index contributed by atoms with van der Waals surface area (Å²) in [5, 5.41) is 4.48. The van der Waals surface area contributed by atoms with E-state index in [2.05, 4.69) is 45.4 Å². The first-order valence-electron chi connectivity index (χ1n) is 4.57. The standard InChI is InChI=1S/C9H13IN2O/c1-7-6-9(10)11-12(7)8-2-4-13-5-3-8/h6,8H,2-5H2,1H3. The highest BCUT2D eigenvalue weighted by Crippen LogP contribution is 2.22. The maximum Gasteiger partial charge on any atom is 0.123 e. The van der Waals surface area contributed by atoms with Crippen molar-refractivity contribution in [3.8, 4) is 0 Å². The zero-order valence-electron chi connectivity index (χ0n) is 7.66. The summed E-state index contributed by atoms with van der Waals surface area (Å²) in [6, 6.07) is 2.67. The molecule has 0 spiro atoms. The van der Waals surface area contributed by atoms with Crippen molar-refractivity contribution in [1.82, 2.24) is 9.78 Å². The van der Waals surface area contributed by atoms with Crippen LogP contribution in [0.15, 0.2) is 6.07 Å². The lowest BCUT2D eigenvalue weighted by Crippen LogP contribution is -2.21. The first kappa shape index (κ1) is 9.45. The van der Waals surface area contributed by atoms with Crippen LogP contribution in [0.2, 0.25) is 0 Å². The van der Waals surface area contributed by atoms with Gasteiger partial charge in [0.1, 0.15) is 3.70 Å². The summed E-state index contributed by atoms with van der Waals surface area (Å²) in [5.41, 5.74) is 1.26. The number of nitrogens with zero attached hydrogens (tertiary/aromatic N) is 2. The summed E-state index contributed by atoms with van der Waals surface area (Å²) >= 11 is 2.26. The van der Waals surface area contributed by atoms with Gasteiger partial charge < -0.3 is 4.74 Å². The van der Waals surface area contributed by atoms with Crippen LogP contribution in [0.4, 0.5) is 0 Å². The van der Waals surface area contributed by atoms with Crippen LogP contribution >= 0.6 is 22.6 Å². The van der Waals surface area contributed by atoms with Gasteiger partial charge in [-0.15, -0.1) is 0 Å². The third-order valence-corrected chi connectivity index (χ3v) is 2.96. The van der Waals surface area contributed by atoms with E-state index in [1.165, 1.54) is 5.69 Å². The number of aryl methyl sites for hydroxylation is 1. The molecule has 2 heterocycles. The van der Waals surface area contributed by atoms with Crippen LogP contribution in [0.3, 0.4) is 0 Å². The quantitative estimate of drug-likeness (QED) is 0.742. The summed E-state index contributed by atoms with van der Waals surface area (Å²) in [6.45, 7) is 3.87. The highest BCUT2D eigenvalue weighted by atomic mass is 127. The summed E-state index contributed by atoms with van der Waals surface area (Å²) in [4.78, 5) is 0. The molecule has 72 valence electrons. The highest BCUT2D eigenvalue weighted by Gasteiger charge is 2.17. The average molecular weight is 292 g/mol. The second-order valence-corrected chi connectivity index (χ2v) is 4.50. The molecule has 0 atom stereocenters. The maximum absolute atomic E-state index is 5.32. The van der Waals surface area contributed by atoms with Gasteiger partial charge in [0.15, 0.2) is 0 Å². The molecule has 1 aliphatic rings. The number of hydrogen-bond acceptors (Lipinski definition) is 2. The molecule has 0 amide bonds. The molecule has 0 N–H and O–H groups in total. The van der Waals surface area contributed by atoms with Crippen molar-refractivity contribution in [2.75, 3.05) is 13.2 Å². The lowest BCUT2D eigenvalue weighted by molar-refractivity contribution is 0.0656. The Bertz CT molecular complexity index is 292. The van der Waals surface area contributed by atoms with Crippen LogP contribution in [-0.2, 0) is 4.74 Å². The summed E-state index contributed by atoms with van der Waals surface area (Å²) in [6.07, 6.45) is 2.19. The van der Waals surface area contributed by atoms with Gasteiger partial charge in [-0.3, -0.25) is 4.68 Å². The van der Waals surface area contributed by atoms with Gasteiger partial charge in [-0.2, -0.15) is 5.10 Å². The molecule has 0 radical (unpaired) electrons. The Labute approximate surface area is 91.6 Å². The van der Waals surface area contributed by atoms with Gasteiger partial charge in [-0.25, -0.2) is 0 Å². The molecule has 0 unspecified atom stereocenters. The van der Waals surface area contributed by atoms with E-state index in [1.54, 1.807) is 0 Å². The van der Waals surface area contributed by atoms with Gasteiger partial charge in [-0.1, -0.05) is 0 Å². The largest absolute Gasteiger partial charge is 0.381 e. The molecule has 0 bridgehead atoms. The second kappa shape index (κ2) is 3.96. The van der Waals surface area contributed by atoms with E-state index < -0.39 is 0 Å². The predicted octanol–water partition coefficient (Wildman–Crippen LogP) is 2.15. The Morgan fingerprint density at radius 2 is 2.23 bits per heavy atom. The number of ether oxygens (including phenoxy) is 1. The molecule has 1 aliphatic heterocycles. The van der Waals surface area contributed by atoms with E-state index in [1.807, 2.05) is 0 Å². The van der Waals surface area contributed by atoms with Crippen molar-refractivity contribution in [2.24, 2.45) is 0 Å². The Balaban J connectivity index is 2.18. The van der Waals surface area contributed by atoms with E-state index in [-0.39, 0.29) is 0 Å². The lowest BCUT2D eigenvalue weighted by atomic mass is 10.1. The van der Waals surface area contributed by atoms with E-state index in [9.17, 15) is 0 Å². The zero-order chi connectivity index (χ0) is 9.26. The molecule has 1 aromatic rings. The Hall–Kier alpha value is -0.100. The van der Waals surface area contributed by atoms with Gasteiger partial charge >= 0.3 is 0 Å². The van der Waals surface area contributed by atoms with Crippen molar-refractivity contribution >= 4 is 22.6 Å². The van der Waals surface area contributed by atoms with Gasteiger partial charge in [0, 0.05) is 18.9 Å². The predicted molar refractivity (Wildman–Crippen MR) is 58.8 cm³/mol. The van der Waals surface area contributed by atoms with Crippen LogP contribution in [0.5, 0.6) is 0 Å². The second-order valence-electron chi connectivity index (χ2n) is 3.40. The molecule has 13 heavy (non-hydrogen) atoms. The van der Waals surface area contributed by atoms with Crippen LogP contribution in [-0.4, -0.2) is 23.0 Å². The van der Waals surface area contributed by atoms with Gasteiger partial charge in [-0.05, 0) is 48.4 Å². The molecular formula is C9H13IN2O. The van der Waals surface area contributed by atoms with Gasteiger partial charge in [0.25, 0.3) is 0 Å².